The van der Waals surface area contributed by atoms with Crippen molar-refractivity contribution in [2.24, 2.45) is 0 Å². The molecule has 0 unspecified atom stereocenters. The normalized spacial score (nSPS) is 11.5. The molecule has 1 N–H and O–H groups in total. The van der Waals surface area contributed by atoms with E-state index in [1.807, 2.05) is 31.2 Å². The highest BCUT2D eigenvalue weighted by Crippen LogP contribution is 2.30. The van der Waals surface area contributed by atoms with Gasteiger partial charge in [-0.05, 0) is 43.3 Å². The number of nitrogens with one attached hydrogen (secondary N) is 1. The molecule has 0 heterocycles. The summed E-state index contributed by atoms with van der Waals surface area (Å²) >= 11 is 7.49. The third-order valence-electron chi connectivity index (χ3n) is 2.79. The quantitative estimate of drug-likeness (QED) is 0.854. The largest absolute Gasteiger partial charge is 0.325 e. The molecule has 2 aromatic carbocycles. The van der Waals surface area contributed by atoms with Gasteiger partial charge in [-0.1, -0.05) is 23.7 Å². The predicted octanol–water partition coefficient (Wildman–Crippen LogP) is 4.33. The van der Waals surface area contributed by atoms with Gasteiger partial charge in [0.1, 0.15) is 0 Å². The first kappa shape index (κ1) is 15.4. The number of carbonyl (C=O) groups excluding carboxylic acids is 1. The zero-order valence-electron chi connectivity index (χ0n) is 11.3. The smallest absolute Gasteiger partial charge is 0.237 e. The van der Waals surface area contributed by atoms with Crippen LogP contribution in [0, 0.1) is 11.3 Å². The molecule has 0 aliphatic heterocycles. The fourth-order valence-corrected chi connectivity index (χ4v) is 2.81. The maximum absolute atomic E-state index is 12.1. The molecule has 2 rings (SSSR count). The van der Waals surface area contributed by atoms with E-state index in [0.717, 1.165) is 4.90 Å². The Labute approximate surface area is 132 Å². The van der Waals surface area contributed by atoms with Crippen molar-refractivity contribution >= 4 is 35.0 Å². The number of rotatable bonds is 4. The summed E-state index contributed by atoms with van der Waals surface area (Å²) in [4.78, 5) is 13.0. The lowest BCUT2D eigenvalue weighted by atomic mass is 10.2. The fraction of sp³-hybridized carbons (Fsp3) is 0.125. The molecular weight excluding hydrogens is 304 g/mol. The number of halogens is 1. The minimum absolute atomic E-state index is 0.107. The number of nitriles is 1. The standard InChI is InChI=1S/C16H13ClN2OS/c1-11(21-15-5-3-2-4-14(15)17)16(20)19-13-8-6-12(10-18)7-9-13/h2-9,11H,1H3,(H,19,20)/t11-/m1/s1. The van der Waals surface area contributed by atoms with E-state index < -0.39 is 0 Å². The van der Waals surface area contributed by atoms with Gasteiger partial charge in [0.05, 0.1) is 21.9 Å². The number of anilines is 1. The lowest BCUT2D eigenvalue weighted by molar-refractivity contribution is -0.115. The molecule has 0 aliphatic rings. The topological polar surface area (TPSA) is 52.9 Å². The lowest BCUT2D eigenvalue weighted by Gasteiger charge is -2.12. The van der Waals surface area contributed by atoms with E-state index in [-0.39, 0.29) is 11.2 Å². The molecule has 0 spiro atoms. The van der Waals surface area contributed by atoms with Gasteiger partial charge in [-0.15, -0.1) is 11.8 Å². The molecule has 0 bridgehead atoms. The number of hydrogen-bond acceptors (Lipinski definition) is 3. The maximum atomic E-state index is 12.1. The van der Waals surface area contributed by atoms with Gasteiger partial charge in [-0.3, -0.25) is 4.79 Å². The van der Waals surface area contributed by atoms with Crippen LogP contribution in [0.2, 0.25) is 5.02 Å². The monoisotopic (exact) mass is 316 g/mol. The highest BCUT2D eigenvalue weighted by Gasteiger charge is 2.15. The number of hydrogen-bond donors (Lipinski definition) is 1. The van der Waals surface area contributed by atoms with E-state index in [4.69, 9.17) is 16.9 Å². The lowest BCUT2D eigenvalue weighted by Crippen LogP contribution is -2.22. The Morgan fingerprint density at radius 1 is 1.24 bits per heavy atom. The van der Waals surface area contributed by atoms with Crippen molar-refractivity contribution in [3.63, 3.8) is 0 Å². The van der Waals surface area contributed by atoms with Crippen molar-refractivity contribution in [1.82, 2.24) is 0 Å². The van der Waals surface area contributed by atoms with E-state index in [2.05, 4.69) is 5.32 Å². The third kappa shape index (κ3) is 4.25. The minimum Gasteiger partial charge on any atom is -0.325 e. The zero-order valence-corrected chi connectivity index (χ0v) is 12.9. The Morgan fingerprint density at radius 3 is 2.52 bits per heavy atom. The highest BCUT2D eigenvalue weighted by atomic mass is 35.5. The van der Waals surface area contributed by atoms with Crippen LogP contribution in [0.15, 0.2) is 53.4 Å². The van der Waals surface area contributed by atoms with Crippen LogP contribution in [0.3, 0.4) is 0 Å². The molecule has 2 aromatic rings. The number of carbonyl (C=O) groups is 1. The molecule has 0 fully saturated rings. The average molecular weight is 317 g/mol. The molecule has 5 heteroatoms. The van der Waals surface area contributed by atoms with Crippen LogP contribution in [-0.2, 0) is 4.79 Å². The van der Waals surface area contributed by atoms with Crippen LogP contribution in [0.4, 0.5) is 5.69 Å². The summed E-state index contributed by atoms with van der Waals surface area (Å²) in [5, 5.41) is 11.9. The molecule has 0 aliphatic carbocycles. The number of amides is 1. The second kappa shape index (κ2) is 7.16. The first-order chi connectivity index (χ1) is 10.1. The van der Waals surface area contributed by atoms with Crippen molar-refractivity contribution in [3.05, 3.63) is 59.1 Å². The maximum Gasteiger partial charge on any atom is 0.237 e. The van der Waals surface area contributed by atoms with E-state index in [0.29, 0.717) is 16.3 Å². The van der Waals surface area contributed by atoms with Gasteiger partial charge in [0.15, 0.2) is 0 Å². The van der Waals surface area contributed by atoms with Crippen molar-refractivity contribution < 1.29 is 4.79 Å². The Kier molecular flexibility index (Phi) is 5.26. The Bertz CT molecular complexity index is 679. The SMILES string of the molecule is C[C@@H](Sc1ccccc1Cl)C(=O)Nc1ccc(C#N)cc1. The van der Waals surface area contributed by atoms with E-state index in [1.54, 1.807) is 30.3 Å². The van der Waals surface area contributed by atoms with Crippen LogP contribution < -0.4 is 5.32 Å². The van der Waals surface area contributed by atoms with Gasteiger partial charge in [0.25, 0.3) is 0 Å². The molecule has 21 heavy (non-hydrogen) atoms. The fourth-order valence-electron chi connectivity index (χ4n) is 1.66. The first-order valence-corrected chi connectivity index (χ1v) is 7.58. The second-order valence-corrected chi connectivity index (χ2v) is 6.16. The molecule has 106 valence electrons. The van der Waals surface area contributed by atoms with E-state index in [1.165, 1.54) is 11.8 Å². The molecule has 0 saturated heterocycles. The van der Waals surface area contributed by atoms with Gasteiger partial charge in [-0.25, -0.2) is 0 Å². The van der Waals surface area contributed by atoms with Gasteiger partial charge in [0, 0.05) is 10.6 Å². The Hall–Kier alpha value is -1.96. The molecule has 1 atom stereocenters. The van der Waals surface area contributed by atoms with Gasteiger partial charge in [0.2, 0.25) is 5.91 Å². The Morgan fingerprint density at radius 2 is 1.90 bits per heavy atom. The van der Waals surface area contributed by atoms with Crippen LogP contribution in [0.25, 0.3) is 0 Å². The summed E-state index contributed by atoms with van der Waals surface area (Å²) in [5.41, 5.74) is 1.23. The minimum atomic E-state index is -0.277. The highest BCUT2D eigenvalue weighted by molar-refractivity contribution is 8.00. The number of benzene rings is 2. The predicted molar refractivity (Wildman–Crippen MR) is 86.6 cm³/mol. The summed E-state index contributed by atoms with van der Waals surface area (Å²) in [7, 11) is 0. The van der Waals surface area contributed by atoms with Crippen molar-refractivity contribution in [2.45, 2.75) is 17.1 Å². The van der Waals surface area contributed by atoms with Crippen LogP contribution >= 0.6 is 23.4 Å². The van der Waals surface area contributed by atoms with Crippen LogP contribution in [0.5, 0.6) is 0 Å². The summed E-state index contributed by atoms with van der Waals surface area (Å²) < 4.78 is 0. The molecular formula is C16H13ClN2OS. The van der Waals surface area contributed by atoms with Gasteiger partial charge in [-0.2, -0.15) is 5.26 Å². The number of nitrogens with zero attached hydrogens (tertiary/aromatic N) is 1. The molecule has 0 aromatic heterocycles. The van der Waals surface area contributed by atoms with Crippen molar-refractivity contribution in [3.8, 4) is 6.07 Å². The summed E-state index contributed by atoms with van der Waals surface area (Å²) in [6, 6.07) is 16.2. The van der Waals surface area contributed by atoms with E-state index >= 15 is 0 Å². The second-order valence-electron chi connectivity index (χ2n) is 4.37. The summed E-state index contributed by atoms with van der Waals surface area (Å²) in [5.74, 6) is -0.107. The van der Waals surface area contributed by atoms with Crippen LogP contribution in [-0.4, -0.2) is 11.2 Å². The van der Waals surface area contributed by atoms with E-state index in [9.17, 15) is 4.79 Å². The summed E-state index contributed by atoms with van der Waals surface area (Å²) in [6.07, 6.45) is 0. The van der Waals surface area contributed by atoms with Gasteiger partial charge < -0.3 is 5.32 Å². The van der Waals surface area contributed by atoms with Gasteiger partial charge >= 0.3 is 0 Å². The Balaban J connectivity index is 1.99. The average Bonchev–Trinajstić information content (AvgIpc) is 2.50. The molecule has 0 radical (unpaired) electrons. The summed E-state index contributed by atoms with van der Waals surface area (Å²) in [6.45, 7) is 1.83. The van der Waals surface area contributed by atoms with Crippen molar-refractivity contribution in [1.29, 1.82) is 5.26 Å². The molecule has 3 nitrogen and oxygen atoms in total. The van der Waals surface area contributed by atoms with Crippen LogP contribution in [0.1, 0.15) is 12.5 Å². The zero-order chi connectivity index (χ0) is 15.2. The molecule has 1 amide bonds. The van der Waals surface area contributed by atoms with Crippen molar-refractivity contribution in [2.75, 3.05) is 5.32 Å². The first-order valence-electron chi connectivity index (χ1n) is 6.32. The molecule has 0 saturated carbocycles. The number of thioether (sulfide) groups is 1. The third-order valence-corrected chi connectivity index (χ3v) is 4.41.